The topological polar surface area (TPSA) is 62.3 Å². The molecule has 1 fully saturated rings. The highest BCUT2D eigenvalue weighted by molar-refractivity contribution is 7.11. The minimum atomic E-state index is -0.0852. The highest BCUT2D eigenvalue weighted by Gasteiger charge is 2.22. The largest absolute Gasteiger partial charge is 0.346 e. The number of carbonyl (C=O) groups excluding carboxylic acids is 2. The summed E-state index contributed by atoms with van der Waals surface area (Å²) in [6.45, 7) is 2.86. The standard InChI is InChI=1S/C18H27N3O2S/c1-13(18-20-14-8-5-6-9-15(14)24-18)19-16(22)12-21-11-7-3-2-4-10-17(21)23/h13H,2-12H2,1H3,(H,19,22). The summed E-state index contributed by atoms with van der Waals surface area (Å²) in [7, 11) is 0. The molecule has 1 aromatic heterocycles. The van der Waals surface area contributed by atoms with E-state index >= 15 is 0 Å². The maximum absolute atomic E-state index is 12.4. The zero-order valence-corrected chi connectivity index (χ0v) is 15.3. The third-order valence-corrected chi connectivity index (χ3v) is 6.21. The van der Waals surface area contributed by atoms with Gasteiger partial charge in [0.2, 0.25) is 11.8 Å². The summed E-state index contributed by atoms with van der Waals surface area (Å²) in [5, 5.41) is 4.02. The molecule has 0 radical (unpaired) electrons. The molecule has 3 rings (SSSR count). The third-order valence-electron chi connectivity index (χ3n) is 4.87. The minimum Gasteiger partial charge on any atom is -0.346 e. The SMILES string of the molecule is CC(NC(=O)CN1CCCCCCC1=O)c1nc2c(s1)CCCC2. The normalized spacial score (nSPS) is 20.0. The van der Waals surface area contributed by atoms with Gasteiger partial charge in [0.25, 0.3) is 0 Å². The van der Waals surface area contributed by atoms with Gasteiger partial charge in [0, 0.05) is 17.8 Å². The summed E-state index contributed by atoms with van der Waals surface area (Å²) in [6.07, 6.45) is 9.42. The Hall–Kier alpha value is -1.43. The van der Waals surface area contributed by atoms with Crippen molar-refractivity contribution in [3.8, 4) is 0 Å². The van der Waals surface area contributed by atoms with Gasteiger partial charge < -0.3 is 10.2 Å². The van der Waals surface area contributed by atoms with Crippen LogP contribution >= 0.6 is 11.3 Å². The Morgan fingerprint density at radius 2 is 1.92 bits per heavy atom. The number of carbonyl (C=O) groups is 2. The molecule has 1 aliphatic heterocycles. The number of thiazole rings is 1. The second kappa shape index (κ2) is 8.10. The summed E-state index contributed by atoms with van der Waals surface area (Å²) in [5.41, 5.74) is 1.22. The van der Waals surface area contributed by atoms with Crippen molar-refractivity contribution >= 4 is 23.2 Å². The van der Waals surface area contributed by atoms with E-state index in [1.165, 1.54) is 23.4 Å². The molecule has 1 atom stereocenters. The number of nitrogens with one attached hydrogen (secondary N) is 1. The van der Waals surface area contributed by atoms with Crippen LogP contribution in [0.15, 0.2) is 0 Å². The second-order valence-corrected chi connectivity index (χ2v) is 8.01. The summed E-state index contributed by atoms with van der Waals surface area (Å²) >= 11 is 1.73. The Labute approximate surface area is 147 Å². The number of rotatable bonds is 4. The minimum absolute atomic E-state index is 0.0791. The highest BCUT2D eigenvalue weighted by atomic mass is 32.1. The van der Waals surface area contributed by atoms with Crippen molar-refractivity contribution in [2.24, 2.45) is 0 Å². The lowest BCUT2D eigenvalue weighted by Gasteiger charge is -2.24. The van der Waals surface area contributed by atoms with Gasteiger partial charge in [0.05, 0.1) is 18.3 Å². The molecule has 1 saturated heterocycles. The second-order valence-electron chi connectivity index (χ2n) is 6.90. The van der Waals surface area contributed by atoms with Crippen LogP contribution in [0.3, 0.4) is 0 Å². The van der Waals surface area contributed by atoms with Gasteiger partial charge in [-0.05, 0) is 45.4 Å². The molecular weight excluding hydrogens is 322 g/mol. The van der Waals surface area contributed by atoms with E-state index < -0.39 is 0 Å². The number of hydrogen-bond acceptors (Lipinski definition) is 4. The Bertz CT molecular complexity index is 576. The van der Waals surface area contributed by atoms with Gasteiger partial charge >= 0.3 is 0 Å². The molecule has 1 unspecified atom stereocenters. The highest BCUT2D eigenvalue weighted by Crippen LogP contribution is 2.29. The van der Waals surface area contributed by atoms with E-state index in [-0.39, 0.29) is 24.4 Å². The average Bonchev–Trinajstić information content (AvgIpc) is 2.99. The Morgan fingerprint density at radius 1 is 1.17 bits per heavy atom. The first-order valence-corrected chi connectivity index (χ1v) is 10.0. The molecule has 132 valence electrons. The smallest absolute Gasteiger partial charge is 0.240 e. The zero-order valence-electron chi connectivity index (χ0n) is 14.5. The van der Waals surface area contributed by atoms with E-state index in [1.54, 1.807) is 16.2 Å². The molecule has 1 aromatic rings. The molecule has 2 heterocycles. The Kier molecular flexibility index (Phi) is 5.87. The molecule has 0 aromatic carbocycles. The number of aryl methyl sites for hydroxylation is 2. The van der Waals surface area contributed by atoms with Crippen LogP contribution in [0.2, 0.25) is 0 Å². The molecular formula is C18H27N3O2S. The van der Waals surface area contributed by atoms with Gasteiger partial charge in [0.1, 0.15) is 5.01 Å². The molecule has 0 spiro atoms. The predicted octanol–water partition coefficient (Wildman–Crippen LogP) is 2.99. The van der Waals surface area contributed by atoms with Crippen LogP contribution in [-0.2, 0) is 22.4 Å². The summed E-state index contributed by atoms with van der Waals surface area (Å²) in [4.78, 5) is 32.3. The first kappa shape index (κ1) is 17.4. The molecule has 1 aliphatic carbocycles. The molecule has 24 heavy (non-hydrogen) atoms. The van der Waals surface area contributed by atoms with Crippen molar-refractivity contribution in [2.75, 3.05) is 13.1 Å². The van der Waals surface area contributed by atoms with Crippen LogP contribution in [0, 0.1) is 0 Å². The summed E-state index contributed by atoms with van der Waals surface area (Å²) in [6, 6.07) is -0.0852. The van der Waals surface area contributed by atoms with Crippen LogP contribution in [0.25, 0.3) is 0 Å². The quantitative estimate of drug-likeness (QED) is 0.909. The molecule has 2 amide bonds. The van der Waals surface area contributed by atoms with Crippen molar-refractivity contribution in [1.82, 2.24) is 15.2 Å². The van der Waals surface area contributed by atoms with Crippen LogP contribution in [0.1, 0.15) is 73.5 Å². The van der Waals surface area contributed by atoms with Gasteiger partial charge in [-0.2, -0.15) is 0 Å². The number of fused-ring (bicyclic) bond motifs is 1. The lowest BCUT2D eigenvalue weighted by atomic mass is 10.0. The summed E-state index contributed by atoms with van der Waals surface area (Å²) in [5.74, 6) is 0.0341. The molecule has 1 N–H and O–H groups in total. The van der Waals surface area contributed by atoms with Crippen molar-refractivity contribution in [3.05, 3.63) is 15.6 Å². The van der Waals surface area contributed by atoms with Crippen LogP contribution < -0.4 is 5.32 Å². The van der Waals surface area contributed by atoms with Crippen LogP contribution in [0.4, 0.5) is 0 Å². The molecule has 0 saturated carbocycles. The maximum Gasteiger partial charge on any atom is 0.240 e. The Balaban J connectivity index is 1.55. The molecule has 2 aliphatic rings. The van der Waals surface area contributed by atoms with E-state index in [9.17, 15) is 9.59 Å². The van der Waals surface area contributed by atoms with Crippen LogP contribution in [0.5, 0.6) is 0 Å². The monoisotopic (exact) mass is 349 g/mol. The summed E-state index contributed by atoms with van der Waals surface area (Å²) < 4.78 is 0. The fraction of sp³-hybridized carbons (Fsp3) is 0.722. The van der Waals surface area contributed by atoms with Gasteiger partial charge in [-0.1, -0.05) is 12.8 Å². The fourth-order valence-electron chi connectivity index (χ4n) is 3.46. The molecule has 6 heteroatoms. The maximum atomic E-state index is 12.4. The number of nitrogens with zero attached hydrogens (tertiary/aromatic N) is 2. The molecule has 5 nitrogen and oxygen atoms in total. The van der Waals surface area contributed by atoms with E-state index in [2.05, 4.69) is 5.32 Å². The van der Waals surface area contributed by atoms with Gasteiger partial charge in [-0.3, -0.25) is 9.59 Å². The van der Waals surface area contributed by atoms with E-state index in [0.717, 1.165) is 43.5 Å². The van der Waals surface area contributed by atoms with Gasteiger partial charge in [0.15, 0.2) is 0 Å². The lowest BCUT2D eigenvalue weighted by molar-refractivity contribution is -0.136. The molecule has 0 bridgehead atoms. The predicted molar refractivity (Wildman–Crippen MR) is 95.0 cm³/mol. The number of likely N-dealkylation sites (tertiary alicyclic amines) is 1. The van der Waals surface area contributed by atoms with Gasteiger partial charge in [-0.25, -0.2) is 4.98 Å². The van der Waals surface area contributed by atoms with E-state index in [4.69, 9.17) is 4.98 Å². The van der Waals surface area contributed by atoms with E-state index in [0.29, 0.717) is 13.0 Å². The van der Waals surface area contributed by atoms with Crippen molar-refractivity contribution in [2.45, 2.75) is 70.8 Å². The lowest BCUT2D eigenvalue weighted by Crippen LogP contribution is -2.42. The number of amides is 2. The first-order chi connectivity index (χ1) is 11.6. The first-order valence-electron chi connectivity index (χ1n) is 9.19. The zero-order chi connectivity index (χ0) is 16.9. The van der Waals surface area contributed by atoms with Gasteiger partial charge in [-0.15, -0.1) is 11.3 Å². The van der Waals surface area contributed by atoms with E-state index in [1.807, 2.05) is 6.92 Å². The number of aromatic nitrogens is 1. The van der Waals surface area contributed by atoms with Crippen molar-refractivity contribution in [3.63, 3.8) is 0 Å². The third kappa shape index (κ3) is 4.35. The average molecular weight is 350 g/mol. The number of hydrogen-bond donors (Lipinski definition) is 1. The van der Waals surface area contributed by atoms with Crippen molar-refractivity contribution < 1.29 is 9.59 Å². The Morgan fingerprint density at radius 3 is 2.75 bits per heavy atom. The fourth-order valence-corrected chi connectivity index (χ4v) is 4.62. The van der Waals surface area contributed by atoms with Crippen LogP contribution in [-0.4, -0.2) is 34.8 Å². The van der Waals surface area contributed by atoms with Crippen molar-refractivity contribution in [1.29, 1.82) is 0 Å².